The Balaban J connectivity index is 0.000000160. The molecule has 0 bridgehead atoms. The van der Waals surface area contributed by atoms with Crippen LogP contribution in [-0.2, 0) is 79.6 Å². The van der Waals surface area contributed by atoms with Gasteiger partial charge in [0.25, 0.3) is 0 Å². The maximum atomic E-state index is 14.8. The van der Waals surface area contributed by atoms with E-state index in [0.717, 1.165) is 16.7 Å². The second-order valence-corrected chi connectivity index (χ2v) is 20.0. The van der Waals surface area contributed by atoms with Gasteiger partial charge in [0.05, 0.1) is 28.7 Å². The van der Waals surface area contributed by atoms with Crippen molar-refractivity contribution in [2.24, 2.45) is 14.1 Å². The van der Waals surface area contributed by atoms with Crippen LogP contribution >= 0.6 is 55.1 Å². The van der Waals surface area contributed by atoms with Gasteiger partial charge in [0, 0.05) is 79.5 Å². The summed E-state index contributed by atoms with van der Waals surface area (Å²) in [5.41, 5.74) is 7.90. The van der Waals surface area contributed by atoms with Crippen LogP contribution in [0.4, 0.5) is 30.2 Å². The smallest absolute Gasteiger partial charge is 0.312 e. The Hall–Kier alpha value is -7.08. The Morgan fingerprint density at radius 3 is 1.57 bits per heavy atom. The molecule has 77 heavy (non-hydrogen) atoms. The first-order valence-corrected chi connectivity index (χ1v) is 26.0. The zero-order valence-electron chi connectivity index (χ0n) is 41.8. The first kappa shape index (κ1) is 57.6. The summed E-state index contributed by atoms with van der Waals surface area (Å²) in [4.78, 5) is 66.0. The number of benzene rings is 3. The highest BCUT2D eigenvalue weighted by molar-refractivity contribution is 9.10. The number of carbonyl (C=O) groups excluding carboxylic acids is 5. The summed E-state index contributed by atoms with van der Waals surface area (Å²) in [7, 11) is 3.33. The minimum atomic E-state index is -0.609. The van der Waals surface area contributed by atoms with Crippen LogP contribution in [0, 0.1) is 24.4 Å². The number of fused-ring (bicyclic) bond motifs is 3. The van der Waals surface area contributed by atoms with E-state index >= 15 is 0 Å². The molecule has 10 rings (SSSR count). The van der Waals surface area contributed by atoms with E-state index in [1.54, 1.807) is 89.7 Å². The number of nitrogens with one attached hydrogen (secondary N) is 3. The lowest BCUT2D eigenvalue weighted by Gasteiger charge is -2.18. The summed E-state index contributed by atoms with van der Waals surface area (Å²) < 4.78 is 55.7. The van der Waals surface area contributed by atoms with Crippen molar-refractivity contribution in [3.63, 3.8) is 0 Å². The Labute approximate surface area is 466 Å². The average molecular weight is 1230 g/mol. The molecule has 0 aliphatic carbocycles. The van der Waals surface area contributed by atoms with E-state index in [2.05, 4.69) is 78.4 Å². The van der Waals surface area contributed by atoms with Gasteiger partial charge in [0.2, 0.25) is 17.7 Å². The fraction of sp³-hybridized carbons (Fsp3) is 0.288. The topological polar surface area (TPSA) is 227 Å². The summed E-state index contributed by atoms with van der Waals surface area (Å²) in [5, 5.41) is 24.2. The number of hydrogen-bond donors (Lipinski definition) is 3. The Kier molecular flexibility index (Phi) is 19.3. The molecule has 7 aromatic rings. The minimum Gasteiger partial charge on any atom is -0.457 e. The van der Waals surface area contributed by atoms with Crippen molar-refractivity contribution in [3.8, 4) is 11.3 Å². The molecule has 3 N–H and O–H groups in total. The molecule has 25 heteroatoms. The molecule has 0 radical (unpaired) electrons. The Morgan fingerprint density at radius 2 is 1.08 bits per heavy atom. The van der Waals surface area contributed by atoms with Gasteiger partial charge >= 0.3 is 11.9 Å². The summed E-state index contributed by atoms with van der Waals surface area (Å²) >= 11 is 18.4. The van der Waals surface area contributed by atoms with Gasteiger partial charge in [-0.15, -0.1) is 10.2 Å². The van der Waals surface area contributed by atoms with Crippen LogP contribution in [0.15, 0.2) is 82.1 Å². The first-order valence-electron chi connectivity index (χ1n) is 23.7. The summed E-state index contributed by atoms with van der Waals surface area (Å²) in [6.45, 7) is 5.17. The van der Waals surface area contributed by atoms with Gasteiger partial charge in [0.1, 0.15) is 45.7 Å². The van der Waals surface area contributed by atoms with Crippen LogP contribution < -0.4 is 16.0 Å². The van der Waals surface area contributed by atoms with Crippen molar-refractivity contribution in [1.29, 1.82) is 0 Å². The number of aromatic nitrogens is 8. The number of amides is 3. The van der Waals surface area contributed by atoms with Gasteiger partial charge in [-0.05, 0) is 137 Å². The Morgan fingerprint density at radius 1 is 0.636 bits per heavy atom. The summed E-state index contributed by atoms with van der Waals surface area (Å²) in [5.74, 6) is -2.32. The summed E-state index contributed by atoms with van der Waals surface area (Å²) in [6, 6.07) is 16.1. The second-order valence-electron chi connectivity index (χ2n) is 17.7. The quantitative estimate of drug-likeness (QED) is 0.0904. The first-order chi connectivity index (χ1) is 36.6. The number of carbonyl (C=O) groups is 5. The second kappa shape index (κ2) is 25.8. The fourth-order valence-electron chi connectivity index (χ4n) is 8.09. The highest BCUT2D eigenvalue weighted by Crippen LogP contribution is 2.34. The number of hydrogen-bond acceptors (Lipinski definition) is 13. The minimum absolute atomic E-state index is 0.0317. The summed E-state index contributed by atoms with van der Waals surface area (Å²) in [6.07, 6.45) is 5.16. The van der Waals surface area contributed by atoms with Crippen LogP contribution in [0.1, 0.15) is 90.1 Å². The molecule has 3 aliphatic heterocycles. The van der Waals surface area contributed by atoms with Gasteiger partial charge in [-0.2, -0.15) is 0 Å². The van der Waals surface area contributed by atoms with Gasteiger partial charge < -0.3 is 25.4 Å². The lowest BCUT2D eigenvalue weighted by atomic mass is 9.97. The number of anilines is 3. The van der Waals surface area contributed by atoms with Crippen molar-refractivity contribution >= 4 is 102 Å². The Bertz CT molecular complexity index is 3310. The number of rotatable bonds is 9. The number of nitrogens with zero attached hydrogens (tertiary/aromatic N) is 8. The van der Waals surface area contributed by atoms with Crippen molar-refractivity contribution in [2.45, 2.75) is 84.3 Å². The molecule has 0 saturated heterocycles. The van der Waals surface area contributed by atoms with E-state index in [9.17, 15) is 37.1 Å². The zero-order chi connectivity index (χ0) is 55.7. The third kappa shape index (κ3) is 14.9. The molecule has 2 atom stereocenters. The number of ether oxygens (including phenoxy) is 2. The number of esters is 2. The largest absolute Gasteiger partial charge is 0.457 e. The molecule has 18 nitrogen and oxygen atoms in total. The normalized spacial score (nSPS) is 13.9. The molecular formula is C52H48Br2Cl2F3N11O7. The van der Waals surface area contributed by atoms with Crippen LogP contribution in [0.3, 0.4) is 0 Å². The predicted molar refractivity (Wildman–Crippen MR) is 286 cm³/mol. The lowest BCUT2D eigenvalue weighted by molar-refractivity contribution is -0.148. The number of halogens is 7. The van der Waals surface area contributed by atoms with Crippen molar-refractivity contribution in [1.82, 2.24) is 40.0 Å². The van der Waals surface area contributed by atoms with Crippen molar-refractivity contribution in [3.05, 3.63) is 155 Å². The van der Waals surface area contributed by atoms with E-state index in [4.69, 9.17) is 32.7 Å². The molecule has 4 aromatic heterocycles. The molecule has 3 aromatic carbocycles. The molecule has 7 heterocycles. The fourth-order valence-corrected chi connectivity index (χ4v) is 9.49. The van der Waals surface area contributed by atoms with Gasteiger partial charge in [-0.1, -0.05) is 51.8 Å². The zero-order valence-corrected chi connectivity index (χ0v) is 46.5. The SMILES string of the molecule is C[C@@H](OC(=O)Cc1c(-c2cc3c(cc2F)NC(=O)CC3)nnn1C)c1cccnc1Cl.C[C@@H](OC(=O)Cc1c(Br)nnn1C)c1cccnc1Cl.Cc1cc2c(cc1F)NC(=O)CC2.O=C1CCc2cc(Br)c(F)cc2N1. The van der Waals surface area contributed by atoms with Crippen LogP contribution in [-0.4, -0.2) is 69.6 Å². The van der Waals surface area contributed by atoms with Crippen LogP contribution in [0.5, 0.6) is 0 Å². The third-order valence-electron chi connectivity index (χ3n) is 12.2. The van der Waals surface area contributed by atoms with Crippen LogP contribution in [0.25, 0.3) is 11.3 Å². The highest BCUT2D eigenvalue weighted by Gasteiger charge is 2.26. The predicted octanol–water partition coefficient (Wildman–Crippen LogP) is 10.4. The van der Waals surface area contributed by atoms with Gasteiger partial charge in [-0.3, -0.25) is 33.3 Å². The molecule has 402 valence electrons. The van der Waals surface area contributed by atoms with Crippen molar-refractivity contribution in [2.75, 3.05) is 16.0 Å². The molecule has 0 fully saturated rings. The lowest BCUT2D eigenvalue weighted by Crippen LogP contribution is -2.19. The highest BCUT2D eigenvalue weighted by atomic mass is 79.9. The standard InChI is InChI=1S/C21H19ClFN5O3.C12H12BrClN4O2.C10H10FNO.C9H7BrFNO/c1-11(13-4-3-7-24-21(13)22)31-19(30)10-17-20(26-27-28(17)2)14-8-12-5-6-18(29)25-16(12)9-15(14)23;1-7(8-4-3-5-15-12(8)14)20-10(19)6-9-11(13)16-17-18(9)2;1-6-4-7-2-3-10(13)12-9(7)5-8(6)11;10-6-3-5-1-2-9(13)12-8(5)4-7(6)11/h3-4,7-9,11H,5-6,10H2,1-2H3,(H,25,29);3-5,7H,6H2,1-2H3;4-5H,2-3H2,1H3,(H,12,13);3-4H,1-2H2,(H,12,13)/t11-;7-;;/m11../s1. The van der Waals surface area contributed by atoms with E-state index < -0.39 is 24.0 Å². The average Bonchev–Trinajstić information content (AvgIpc) is 3.91. The van der Waals surface area contributed by atoms with E-state index in [0.29, 0.717) is 97.9 Å². The van der Waals surface area contributed by atoms with E-state index in [-0.39, 0.29) is 64.6 Å². The van der Waals surface area contributed by atoms with Crippen molar-refractivity contribution < 1.29 is 46.6 Å². The monoisotopic (exact) mass is 1220 g/mol. The molecule has 0 unspecified atom stereocenters. The van der Waals surface area contributed by atoms with Gasteiger partial charge in [0.15, 0.2) is 4.60 Å². The van der Waals surface area contributed by atoms with Crippen LogP contribution in [0.2, 0.25) is 10.3 Å². The molecular weight excluding hydrogens is 1180 g/mol. The van der Waals surface area contributed by atoms with E-state index in [1.165, 1.54) is 27.6 Å². The molecule has 0 spiro atoms. The maximum Gasteiger partial charge on any atom is 0.312 e. The molecule has 0 saturated carbocycles. The van der Waals surface area contributed by atoms with Gasteiger partial charge in [-0.25, -0.2) is 23.1 Å². The van der Waals surface area contributed by atoms with E-state index in [1.807, 2.05) is 0 Å². The number of pyridine rings is 2. The number of aryl methyl sites for hydroxylation is 6. The third-order valence-corrected chi connectivity index (χ3v) is 14.1. The molecule has 3 aliphatic rings. The molecule has 3 amide bonds. The maximum absolute atomic E-state index is 14.8.